The monoisotopic (exact) mass is 380 g/mol. The van der Waals surface area contributed by atoms with E-state index in [4.69, 9.17) is 9.47 Å². The molecule has 2 aromatic carbocycles. The van der Waals surface area contributed by atoms with E-state index in [2.05, 4.69) is 13.8 Å². The molecule has 148 valence electrons. The molecule has 0 amide bonds. The van der Waals surface area contributed by atoms with Crippen LogP contribution in [0.4, 0.5) is 0 Å². The van der Waals surface area contributed by atoms with Crippen molar-refractivity contribution in [3.63, 3.8) is 0 Å². The van der Waals surface area contributed by atoms with Crippen molar-refractivity contribution < 1.29 is 19.1 Å². The van der Waals surface area contributed by atoms with Gasteiger partial charge in [0, 0.05) is 5.56 Å². The van der Waals surface area contributed by atoms with E-state index in [0.29, 0.717) is 17.0 Å². The fourth-order valence-corrected chi connectivity index (χ4v) is 3.54. The van der Waals surface area contributed by atoms with Crippen molar-refractivity contribution >= 4 is 11.9 Å². The van der Waals surface area contributed by atoms with Gasteiger partial charge in [0.1, 0.15) is 6.10 Å². The maximum atomic E-state index is 12.7. The van der Waals surface area contributed by atoms with Crippen LogP contribution in [0.25, 0.3) is 0 Å². The maximum Gasteiger partial charge on any atom is 0.352 e. The second-order valence-electron chi connectivity index (χ2n) is 7.83. The molecule has 1 fully saturated rings. The maximum absolute atomic E-state index is 12.7. The van der Waals surface area contributed by atoms with E-state index in [9.17, 15) is 9.59 Å². The minimum absolute atomic E-state index is 0.0762. The topological polar surface area (TPSA) is 52.6 Å². The molecule has 0 saturated heterocycles. The zero-order valence-corrected chi connectivity index (χ0v) is 16.6. The smallest absolute Gasteiger partial charge is 0.352 e. The predicted molar refractivity (Wildman–Crippen MR) is 108 cm³/mol. The lowest BCUT2D eigenvalue weighted by molar-refractivity contribution is -0.159. The van der Waals surface area contributed by atoms with Crippen molar-refractivity contribution in [2.75, 3.05) is 0 Å². The molecule has 0 spiro atoms. The molecule has 0 aromatic heterocycles. The van der Waals surface area contributed by atoms with Gasteiger partial charge in [-0.05, 0) is 55.7 Å². The summed E-state index contributed by atoms with van der Waals surface area (Å²) < 4.78 is 11.2. The van der Waals surface area contributed by atoms with Crippen LogP contribution in [0.1, 0.15) is 67.1 Å². The Morgan fingerprint density at radius 3 is 2.21 bits per heavy atom. The molecule has 0 bridgehead atoms. The third-order valence-corrected chi connectivity index (χ3v) is 4.96. The second-order valence-corrected chi connectivity index (χ2v) is 7.83. The molecule has 2 aromatic rings. The van der Waals surface area contributed by atoms with Gasteiger partial charge in [-0.1, -0.05) is 56.3 Å². The molecule has 4 nitrogen and oxygen atoms in total. The van der Waals surface area contributed by atoms with Crippen molar-refractivity contribution in [2.24, 2.45) is 5.92 Å². The third-order valence-electron chi connectivity index (χ3n) is 4.96. The zero-order valence-electron chi connectivity index (χ0n) is 16.6. The molecular weight excluding hydrogens is 352 g/mol. The second kappa shape index (κ2) is 9.54. The highest BCUT2D eigenvalue weighted by Crippen LogP contribution is 2.26. The van der Waals surface area contributed by atoms with Crippen LogP contribution < -0.4 is 0 Å². The highest BCUT2D eigenvalue weighted by molar-refractivity contribution is 5.91. The number of rotatable bonds is 7. The Kier molecular flexibility index (Phi) is 6.85. The van der Waals surface area contributed by atoms with Crippen molar-refractivity contribution in [3.05, 3.63) is 71.3 Å². The first kappa shape index (κ1) is 20.1. The van der Waals surface area contributed by atoms with Gasteiger partial charge in [-0.15, -0.1) is 0 Å². The van der Waals surface area contributed by atoms with Crippen LogP contribution in [-0.4, -0.2) is 18.0 Å². The van der Waals surface area contributed by atoms with Gasteiger partial charge >= 0.3 is 11.9 Å². The van der Waals surface area contributed by atoms with Crippen LogP contribution in [0.3, 0.4) is 0 Å². The van der Waals surface area contributed by atoms with Gasteiger partial charge in [0.15, 0.2) is 0 Å². The Hall–Kier alpha value is -2.62. The standard InChI is InChI=1S/C24H28O4/c1-17(2)16-18-12-14-20(15-13-18)23(25)28-22(19-8-4-3-5-9-19)24(26)27-21-10-6-7-11-21/h3-5,8-9,12-15,17,21-22H,6-7,10-11,16H2,1-2H3. The highest BCUT2D eigenvalue weighted by atomic mass is 16.6. The average molecular weight is 380 g/mol. The normalized spacial score (nSPS) is 15.4. The van der Waals surface area contributed by atoms with E-state index in [1.165, 1.54) is 5.56 Å². The molecule has 3 rings (SSSR count). The van der Waals surface area contributed by atoms with Crippen molar-refractivity contribution in [3.8, 4) is 0 Å². The Labute approximate surface area is 166 Å². The Morgan fingerprint density at radius 2 is 1.61 bits per heavy atom. The molecule has 1 saturated carbocycles. The number of ether oxygens (including phenoxy) is 2. The number of esters is 2. The van der Waals surface area contributed by atoms with E-state index in [1.807, 2.05) is 30.3 Å². The van der Waals surface area contributed by atoms with Gasteiger partial charge in [0.05, 0.1) is 5.56 Å². The van der Waals surface area contributed by atoms with Crippen LogP contribution in [0, 0.1) is 5.92 Å². The van der Waals surface area contributed by atoms with Crippen LogP contribution >= 0.6 is 0 Å². The van der Waals surface area contributed by atoms with Gasteiger partial charge in [0.25, 0.3) is 0 Å². The Balaban J connectivity index is 1.73. The quantitative estimate of drug-likeness (QED) is 0.614. The molecule has 1 aliphatic rings. The summed E-state index contributed by atoms with van der Waals surface area (Å²) in [5, 5.41) is 0. The van der Waals surface area contributed by atoms with E-state index < -0.39 is 18.0 Å². The fourth-order valence-electron chi connectivity index (χ4n) is 3.54. The summed E-state index contributed by atoms with van der Waals surface area (Å²) in [5.74, 6) is -0.471. The molecule has 0 aliphatic heterocycles. The molecule has 1 unspecified atom stereocenters. The lowest BCUT2D eigenvalue weighted by Gasteiger charge is -2.20. The van der Waals surface area contributed by atoms with Crippen molar-refractivity contribution in [1.29, 1.82) is 0 Å². The molecular formula is C24H28O4. The molecule has 28 heavy (non-hydrogen) atoms. The summed E-state index contributed by atoms with van der Waals surface area (Å²) in [6, 6.07) is 16.4. The summed E-state index contributed by atoms with van der Waals surface area (Å²) in [4.78, 5) is 25.4. The van der Waals surface area contributed by atoms with Gasteiger partial charge in [0.2, 0.25) is 6.10 Å². The lowest BCUT2D eigenvalue weighted by atomic mass is 10.0. The van der Waals surface area contributed by atoms with Crippen molar-refractivity contribution in [1.82, 2.24) is 0 Å². The number of carbonyl (C=O) groups is 2. The van der Waals surface area contributed by atoms with Crippen molar-refractivity contribution in [2.45, 2.75) is 58.2 Å². The van der Waals surface area contributed by atoms with Crippen LogP contribution in [0.5, 0.6) is 0 Å². The van der Waals surface area contributed by atoms with E-state index in [-0.39, 0.29) is 6.10 Å². The molecule has 0 radical (unpaired) electrons. The fraction of sp³-hybridized carbons (Fsp3) is 0.417. The first-order valence-corrected chi connectivity index (χ1v) is 10.1. The van der Waals surface area contributed by atoms with Gasteiger partial charge in [-0.25, -0.2) is 9.59 Å². The largest absolute Gasteiger partial charge is 0.459 e. The Morgan fingerprint density at radius 1 is 0.964 bits per heavy atom. The molecule has 0 heterocycles. The lowest BCUT2D eigenvalue weighted by Crippen LogP contribution is -2.25. The first-order chi connectivity index (χ1) is 13.5. The minimum atomic E-state index is -1.05. The average Bonchev–Trinajstić information content (AvgIpc) is 3.19. The molecule has 4 heteroatoms. The Bertz CT molecular complexity index is 774. The van der Waals surface area contributed by atoms with Crippen LogP contribution in [-0.2, 0) is 20.7 Å². The van der Waals surface area contributed by atoms with Gasteiger partial charge < -0.3 is 9.47 Å². The van der Waals surface area contributed by atoms with Gasteiger partial charge in [-0.3, -0.25) is 0 Å². The van der Waals surface area contributed by atoms with Crippen LogP contribution in [0.2, 0.25) is 0 Å². The third kappa shape index (κ3) is 5.44. The molecule has 1 aliphatic carbocycles. The summed E-state index contributed by atoms with van der Waals surface area (Å²) in [5.41, 5.74) is 2.23. The minimum Gasteiger partial charge on any atom is -0.459 e. The number of carbonyl (C=O) groups excluding carboxylic acids is 2. The van der Waals surface area contributed by atoms with Gasteiger partial charge in [-0.2, -0.15) is 0 Å². The first-order valence-electron chi connectivity index (χ1n) is 10.1. The summed E-state index contributed by atoms with van der Waals surface area (Å²) >= 11 is 0. The van der Waals surface area contributed by atoms with E-state index in [0.717, 1.165) is 32.1 Å². The number of hydrogen-bond donors (Lipinski definition) is 0. The number of hydrogen-bond acceptors (Lipinski definition) is 4. The summed E-state index contributed by atoms with van der Waals surface area (Å²) in [7, 11) is 0. The zero-order chi connectivity index (χ0) is 19.9. The highest BCUT2D eigenvalue weighted by Gasteiger charge is 2.30. The summed E-state index contributed by atoms with van der Waals surface area (Å²) in [6.07, 6.45) is 3.71. The van der Waals surface area contributed by atoms with E-state index >= 15 is 0 Å². The van der Waals surface area contributed by atoms with Crippen LogP contribution in [0.15, 0.2) is 54.6 Å². The molecule has 0 N–H and O–H groups in total. The molecule has 1 atom stereocenters. The summed E-state index contributed by atoms with van der Waals surface area (Å²) in [6.45, 7) is 4.31. The number of benzene rings is 2. The predicted octanol–water partition coefficient (Wildman–Crippen LogP) is 5.27. The SMILES string of the molecule is CC(C)Cc1ccc(C(=O)OC(C(=O)OC2CCCC2)c2ccccc2)cc1. The van der Waals surface area contributed by atoms with E-state index in [1.54, 1.807) is 24.3 Å².